The van der Waals surface area contributed by atoms with Gasteiger partial charge in [-0.05, 0) is 88.1 Å². The molecule has 0 radical (unpaired) electrons. The summed E-state index contributed by atoms with van der Waals surface area (Å²) in [5.41, 5.74) is 2.23. The highest BCUT2D eigenvalue weighted by molar-refractivity contribution is 5.05. The van der Waals surface area contributed by atoms with Crippen molar-refractivity contribution in [3.8, 4) is 0 Å². The molecule has 0 aromatic carbocycles. The van der Waals surface area contributed by atoms with Crippen molar-refractivity contribution in [1.82, 2.24) is 5.32 Å². The minimum Gasteiger partial charge on any atom is -0.316 e. The maximum atomic E-state index is 3.72. The van der Waals surface area contributed by atoms with Crippen LogP contribution in [0.2, 0.25) is 0 Å². The molecule has 116 valence electrons. The van der Waals surface area contributed by atoms with Gasteiger partial charge in [0.1, 0.15) is 0 Å². The van der Waals surface area contributed by atoms with E-state index < -0.39 is 0 Å². The Labute approximate surface area is 126 Å². The minimum absolute atomic E-state index is 0.520. The van der Waals surface area contributed by atoms with Crippen LogP contribution in [0.5, 0.6) is 0 Å². The van der Waals surface area contributed by atoms with Gasteiger partial charge in [-0.1, -0.05) is 32.4 Å². The van der Waals surface area contributed by atoms with Crippen LogP contribution in [0.1, 0.15) is 78.6 Å². The second kappa shape index (κ2) is 7.64. The third-order valence-corrected chi connectivity index (χ3v) is 5.51. The fourth-order valence-electron chi connectivity index (χ4n) is 3.92. The van der Waals surface area contributed by atoms with Crippen LogP contribution >= 0.6 is 0 Å². The van der Waals surface area contributed by atoms with Crippen molar-refractivity contribution in [2.45, 2.75) is 78.6 Å². The molecule has 0 atom stereocenters. The van der Waals surface area contributed by atoms with E-state index in [9.17, 15) is 0 Å². The Kier molecular flexibility index (Phi) is 6.14. The van der Waals surface area contributed by atoms with E-state index in [4.69, 9.17) is 0 Å². The first-order valence-electron chi connectivity index (χ1n) is 8.94. The van der Waals surface area contributed by atoms with Gasteiger partial charge in [-0.15, -0.1) is 0 Å². The molecule has 20 heavy (non-hydrogen) atoms. The summed E-state index contributed by atoms with van der Waals surface area (Å²) in [5.74, 6) is 1.89. The summed E-state index contributed by atoms with van der Waals surface area (Å²) in [6.07, 6.45) is 15.1. The summed E-state index contributed by atoms with van der Waals surface area (Å²) in [6.45, 7) is 9.69. The van der Waals surface area contributed by atoms with Gasteiger partial charge < -0.3 is 5.32 Å². The molecule has 0 aromatic heterocycles. The average Bonchev–Trinajstić information content (AvgIpc) is 2.44. The lowest BCUT2D eigenvalue weighted by molar-refractivity contribution is 0.149. The van der Waals surface area contributed by atoms with Crippen molar-refractivity contribution in [1.29, 1.82) is 0 Å². The van der Waals surface area contributed by atoms with Crippen LogP contribution in [0.25, 0.3) is 0 Å². The number of allylic oxidation sites excluding steroid dienone is 1. The molecule has 0 amide bonds. The van der Waals surface area contributed by atoms with Gasteiger partial charge in [0.15, 0.2) is 0 Å². The zero-order chi connectivity index (χ0) is 14.4. The molecule has 2 aliphatic rings. The van der Waals surface area contributed by atoms with Crippen LogP contribution in [0.15, 0.2) is 11.6 Å². The summed E-state index contributed by atoms with van der Waals surface area (Å²) in [6, 6.07) is 0. The highest BCUT2D eigenvalue weighted by Gasteiger charge is 2.29. The second-order valence-corrected chi connectivity index (χ2v) is 8.15. The summed E-state index contributed by atoms with van der Waals surface area (Å²) < 4.78 is 0. The minimum atomic E-state index is 0.520. The van der Waals surface area contributed by atoms with Crippen LogP contribution in [-0.4, -0.2) is 13.1 Å². The predicted molar refractivity (Wildman–Crippen MR) is 88.9 cm³/mol. The van der Waals surface area contributed by atoms with Crippen molar-refractivity contribution in [2.24, 2.45) is 17.3 Å². The maximum absolute atomic E-state index is 3.72. The molecule has 1 fully saturated rings. The van der Waals surface area contributed by atoms with E-state index in [1.165, 1.54) is 70.9 Å². The molecule has 0 bridgehead atoms. The van der Waals surface area contributed by atoms with E-state index >= 15 is 0 Å². The third-order valence-electron chi connectivity index (χ3n) is 5.51. The predicted octanol–water partition coefficient (Wildman–Crippen LogP) is 5.32. The summed E-state index contributed by atoms with van der Waals surface area (Å²) >= 11 is 0. The standard InChI is InChI=1S/C19H35N/c1-19(2,3)18-11-9-17(10-12-18)15-20-14-13-16-7-5-4-6-8-16/h7,17-18,20H,4-6,8-15H2,1-3H3. The van der Waals surface area contributed by atoms with Crippen molar-refractivity contribution >= 4 is 0 Å². The lowest BCUT2D eigenvalue weighted by Gasteiger charge is -2.37. The number of hydrogen-bond acceptors (Lipinski definition) is 1. The molecule has 2 rings (SSSR count). The molecule has 1 nitrogen and oxygen atoms in total. The molecule has 0 spiro atoms. The molecule has 1 N–H and O–H groups in total. The molecule has 0 saturated heterocycles. The van der Waals surface area contributed by atoms with Crippen LogP contribution in [0.4, 0.5) is 0 Å². The molecular weight excluding hydrogens is 242 g/mol. The Morgan fingerprint density at radius 2 is 1.85 bits per heavy atom. The van der Waals surface area contributed by atoms with Crippen molar-refractivity contribution < 1.29 is 0 Å². The maximum Gasteiger partial charge on any atom is -0.00115 e. The van der Waals surface area contributed by atoms with E-state index in [0.29, 0.717) is 5.41 Å². The van der Waals surface area contributed by atoms with Crippen molar-refractivity contribution in [2.75, 3.05) is 13.1 Å². The zero-order valence-corrected chi connectivity index (χ0v) is 14.0. The van der Waals surface area contributed by atoms with Crippen LogP contribution in [-0.2, 0) is 0 Å². The molecule has 1 saturated carbocycles. The monoisotopic (exact) mass is 277 g/mol. The van der Waals surface area contributed by atoms with E-state index in [0.717, 1.165) is 11.8 Å². The highest BCUT2D eigenvalue weighted by Crippen LogP contribution is 2.39. The topological polar surface area (TPSA) is 12.0 Å². The smallest absolute Gasteiger partial charge is 0.00115 e. The molecule has 2 aliphatic carbocycles. The Bertz CT molecular complexity index is 302. The van der Waals surface area contributed by atoms with Gasteiger partial charge in [-0.25, -0.2) is 0 Å². The van der Waals surface area contributed by atoms with Gasteiger partial charge in [0.25, 0.3) is 0 Å². The Balaban J connectivity index is 1.56. The van der Waals surface area contributed by atoms with Gasteiger partial charge >= 0.3 is 0 Å². The van der Waals surface area contributed by atoms with Gasteiger partial charge in [-0.2, -0.15) is 0 Å². The Hall–Kier alpha value is -0.300. The van der Waals surface area contributed by atoms with Crippen LogP contribution in [0, 0.1) is 17.3 Å². The molecular formula is C19H35N. The number of rotatable bonds is 5. The second-order valence-electron chi connectivity index (χ2n) is 8.15. The number of hydrogen-bond donors (Lipinski definition) is 1. The normalized spacial score (nSPS) is 28.2. The molecule has 0 heterocycles. The Morgan fingerprint density at radius 3 is 2.45 bits per heavy atom. The largest absolute Gasteiger partial charge is 0.316 e. The van der Waals surface area contributed by atoms with E-state index in [-0.39, 0.29) is 0 Å². The zero-order valence-electron chi connectivity index (χ0n) is 14.0. The van der Waals surface area contributed by atoms with Crippen molar-refractivity contribution in [3.63, 3.8) is 0 Å². The fourth-order valence-corrected chi connectivity index (χ4v) is 3.92. The van der Waals surface area contributed by atoms with E-state index in [1.54, 1.807) is 5.57 Å². The van der Waals surface area contributed by atoms with Gasteiger partial charge in [0, 0.05) is 0 Å². The van der Waals surface area contributed by atoms with Gasteiger partial charge in [0.05, 0.1) is 0 Å². The summed E-state index contributed by atoms with van der Waals surface area (Å²) in [5, 5.41) is 3.72. The lowest BCUT2D eigenvalue weighted by Crippen LogP contribution is -2.31. The lowest BCUT2D eigenvalue weighted by atomic mass is 9.70. The first-order valence-corrected chi connectivity index (χ1v) is 8.94. The van der Waals surface area contributed by atoms with E-state index in [2.05, 4.69) is 32.2 Å². The third kappa shape index (κ3) is 5.24. The first-order chi connectivity index (χ1) is 9.55. The van der Waals surface area contributed by atoms with Crippen LogP contribution < -0.4 is 5.32 Å². The SMILES string of the molecule is CC(C)(C)C1CCC(CNCCC2=CCCCC2)CC1. The summed E-state index contributed by atoms with van der Waals surface area (Å²) in [4.78, 5) is 0. The molecule has 0 unspecified atom stereocenters. The quantitative estimate of drug-likeness (QED) is 0.530. The van der Waals surface area contributed by atoms with Crippen molar-refractivity contribution in [3.05, 3.63) is 11.6 Å². The molecule has 0 aliphatic heterocycles. The van der Waals surface area contributed by atoms with Gasteiger partial charge in [0.2, 0.25) is 0 Å². The van der Waals surface area contributed by atoms with Gasteiger partial charge in [-0.3, -0.25) is 0 Å². The van der Waals surface area contributed by atoms with Crippen LogP contribution in [0.3, 0.4) is 0 Å². The average molecular weight is 277 g/mol. The first kappa shape index (κ1) is 16.1. The molecule has 1 heteroatoms. The number of nitrogens with one attached hydrogen (secondary N) is 1. The highest BCUT2D eigenvalue weighted by atomic mass is 14.9. The summed E-state index contributed by atoms with van der Waals surface area (Å²) in [7, 11) is 0. The molecule has 0 aromatic rings. The fraction of sp³-hybridized carbons (Fsp3) is 0.895. The Morgan fingerprint density at radius 1 is 1.10 bits per heavy atom. The van der Waals surface area contributed by atoms with E-state index in [1.807, 2.05) is 0 Å².